The summed E-state index contributed by atoms with van der Waals surface area (Å²) < 4.78 is 0. The third-order valence-corrected chi connectivity index (χ3v) is 3.76. The highest BCUT2D eigenvalue weighted by Crippen LogP contribution is 2.24. The molecule has 3 N–H and O–H groups in total. The number of rotatable bonds is 9. The zero-order chi connectivity index (χ0) is 15.9. The molecule has 21 heavy (non-hydrogen) atoms. The number of aliphatic hydroxyl groups is 1. The molecule has 120 valence electrons. The van der Waals surface area contributed by atoms with Crippen molar-refractivity contribution in [3.05, 3.63) is 11.4 Å². The van der Waals surface area contributed by atoms with Crippen molar-refractivity contribution in [2.24, 2.45) is 0 Å². The Balaban J connectivity index is 3.13. The highest BCUT2D eigenvalue weighted by atomic mass is 16.3. The summed E-state index contributed by atoms with van der Waals surface area (Å²) in [5, 5.41) is 16.4. The molecule has 1 aromatic heterocycles. The highest BCUT2D eigenvalue weighted by molar-refractivity contribution is 5.58. The van der Waals surface area contributed by atoms with Crippen LogP contribution in [0.25, 0.3) is 0 Å². The number of hydrogen-bond donors (Lipinski definition) is 3. The molecule has 0 bridgehead atoms. The maximum atomic E-state index is 9.60. The number of aliphatic hydroxyl groups excluding tert-OH is 1. The van der Waals surface area contributed by atoms with Crippen molar-refractivity contribution in [1.29, 1.82) is 0 Å². The van der Waals surface area contributed by atoms with E-state index in [1.807, 2.05) is 13.8 Å². The van der Waals surface area contributed by atoms with Crippen LogP contribution in [0.5, 0.6) is 0 Å². The summed E-state index contributed by atoms with van der Waals surface area (Å²) in [6.07, 6.45) is 3.75. The quantitative estimate of drug-likeness (QED) is 0.653. The van der Waals surface area contributed by atoms with Crippen LogP contribution < -0.4 is 10.6 Å². The molecule has 0 fully saturated rings. The average Bonchev–Trinajstić information content (AvgIpc) is 2.49. The Bertz CT molecular complexity index is 444. The summed E-state index contributed by atoms with van der Waals surface area (Å²) in [4.78, 5) is 9.26. The van der Waals surface area contributed by atoms with Gasteiger partial charge in [-0.05, 0) is 33.1 Å². The van der Waals surface area contributed by atoms with Crippen LogP contribution in [-0.4, -0.2) is 33.8 Å². The van der Waals surface area contributed by atoms with Crippen molar-refractivity contribution in [3.8, 4) is 0 Å². The molecule has 1 aromatic rings. The molecule has 1 rings (SSSR count). The lowest BCUT2D eigenvalue weighted by atomic mass is 10.00. The fraction of sp³-hybridized carbons (Fsp3) is 0.750. The average molecular weight is 294 g/mol. The SMILES string of the molecule is CCCNc1nc(CCC)nc(NC(C)(CC)CO)c1C. The molecule has 0 radical (unpaired) electrons. The van der Waals surface area contributed by atoms with Gasteiger partial charge in [0.15, 0.2) is 0 Å². The summed E-state index contributed by atoms with van der Waals surface area (Å²) in [7, 11) is 0. The van der Waals surface area contributed by atoms with Crippen LogP contribution in [0.15, 0.2) is 0 Å². The Kier molecular flexibility index (Phi) is 6.89. The predicted octanol–water partition coefficient (Wildman–Crippen LogP) is 3.13. The number of aryl methyl sites for hydroxylation is 1. The van der Waals surface area contributed by atoms with E-state index < -0.39 is 0 Å². The molecular formula is C16H30N4O. The van der Waals surface area contributed by atoms with Crippen molar-refractivity contribution in [2.45, 2.75) is 65.8 Å². The second-order valence-electron chi connectivity index (χ2n) is 5.84. The van der Waals surface area contributed by atoms with Crippen LogP contribution in [0.3, 0.4) is 0 Å². The summed E-state index contributed by atoms with van der Waals surface area (Å²) in [5.41, 5.74) is 0.654. The third-order valence-electron chi connectivity index (χ3n) is 3.76. The van der Waals surface area contributed by atoms with Gasteiger partial charge in [-0.15, -0.1) is 0 Å². The van der Waals surface area contributed by atoms with Crippen molar-refractivity contribution in [3.63, 3.8) is 0 Å². The molecule has 5 heteroatoms. The fourth-order valence-corrected chi connectivity index (χ4v) is 1.96. The lowest BCUT2D eigenvalue weighted by Crippen LogP contribution is -2.38. The number of aromatic nitrogens is 2. The Morgan fingerprint density at radius 2 is 1.76 bits per heavy atom. The molecule has 0 aliphatic heterocycles. The zero-order valence-corrected chi connectivity index (χ0v) is 14.1. The normalized spacial score (nSPS) is 13.8. The van der Waals surface area contributed by atoms with E-state index in [-0.39, 0.29) is 12.1 Å². The van der Waals surface area contributed by atoms with Gasteiger partial charge in [0.1, 0.15) is 17.5 Å². The minimum absolute atomic E-state index is 0.0772. The molecular weight excluding hydrogens is 264 g/mol. The summed E-state index contributed by atoms with van der Waals surface area (Å²) in [6, 6.07) is 0. The maximum Gasteiger partial charge on any atom is 0.135 e. The molecule has 0 spiro atoms. The lowest BCUT2D eigenvalue weighted by Gasteiger charge is -2.29. The molecule has 0 amide bonds. The van der Waals surface area contributed by atoms with Crippen molar-refractivity contribution >= 4 is 11.6 Å². The van der Waals surface area contributed by atoms with Gasteiger partial charge in [-0.2, -0.15) is 0 Å². The van der Waals surface area contributed by atoms with E-state index in [0.717, 1.165) is 55.3 Å². The molecule has 5 nitrogen and oxygen atoms in total. The third kappa shape index (κ3) is 4.84. The van der Waals surface area contributed by atoms with Crippen LogP contribution in [0, 0.1) is 6.92 Å². The van der Waals surface area contributed by atoms with Crippen LogP contribution in [0.4, 0.5) is 11.6 Å². The van der Waals surface area contributed by atoms with Gasteiger partial charge < -0.3 is 15.7 Å². The number of nitrogens with zero attached hydrogens (tertiary/aromatic N) is 2. The van der Waals surface area contributed by atoms with Crippen LogP contribution >= 0.6 is 0 Å². The lowest BCUT2D eigenvalue weighted by molar-refractivity contribution is 0.218. The smallest absolute Gasteiger partial charge is 0.135 e. The van der Waals surface area contributed by atoms with Crippen LogP contribution in [-0.2, 0) is 6.42 Å². The summed E-state index contributed by atoms with van der Waals surface area (Å²) in [6.45, 7) is 11.3. The Morgan fingerprint density at radius 1 is 1.10 bits per heavy atom. The van der Waals surface area contributed by atoms with Crippen molar-refractivity contribution in [2.75, 3.05) is 23.8 Å². The molecule has 1 heterocycles. The number of hydrogen-bond acceptors (Lipinski definition) is 5. The minimum atomic E-state index is -0.357. The molecule has 0 saturated heterocycles. The second kappa shape index (κ2) is 8.17. The van der Waals surface area contributed by atoms with Crippen molar-refractivity contribution in [1.82, 2.24) is 9.97 Å². The van der Waals surface area contributed by atoms with Gasteiger partial charge >= 0.3 is 0 Å². The van der Waals surface area contributed by atoms with E-state index >= 15 is 0 Å². The minimum Gasteiger partial charge on any atom is -0.394 e. The monoisotopic (exact) mass is 294 g/mol. The Morgan fingerprint density at radius 3 is 2.29 bits per heavy atom. The molecule has 1 atom stereocenters. The maximum absolute atomic E-state index is 9.60. The first kappa shape index (κ1) is 17.7. The van der Waals surface area contributed by atoms with Crippen LogP contribution in [0.2, 0.25) is 0 Å². The Hall–Kier alpha value is -1.36. The second-order valence-corrected chi connectivity index (χ2v) is 5.84. The molecule has 0 aromatic carbocycles. The van der Waals surface area contributed by atoms with Gasteiger partial charge in [-0.3, -0.25) is 0 Å². The first-order chi connectivity index (χ1) is 9.99. The van der Waals surface area contributed by atoms with Gasteiger partial charge in [0.2, 0.25) is 0 Å². The summed E-state index contributed by atoms with van der Waals surface area (Å²) in [5.74, 6) is 2.57. The first-order valence-corrected chi connectivity index (χ1v) is 8.00. The molecule has 1 unspecified atom stereocenters. The molecule has 0 aliphatic carbocycles. The molecule has 0 aliphatic rings. The van der Waals surface area contributed by atoms with Gasteiger partial charge in [0.25, 0.3) is 0 Å². The fourth-order valence-electron chi connectivity index (χ4n) is 1.96. The van der Waals surface area contributed by atoms with Crippen LogP contribution in [0.1, 0.15) is 58.3 Å². The number of anilines is 2. The first-order valence-electron chi connectivity index (χ1n) is 8.00. The standard InChI is InChI=1S/C16H30N4O/c1-6-9-13-18-14(17-10-7-2)12(4)15(19-13)20-16(5,8-3)11-21/h21H,6-11H2,1-5H3,(H2,17,18,19,20). The van der Waals surface area contributed by atoms with E-state index in [9.17, 15) is 5.11 Å². The Labute approximate surface area is 128 Å². The topological polar surface area (TPSA) is 70.1 Å². The van der Waals surface area contributed by atoms with E-state index in [1.165, 1.54) is 0 Å². The summed E-state index contributed by atoms with van der Waals surface area (Å²) >= 11 is 0. The van der Waals surface area contributed by atoms with Gasteiger partial charge in [0, 0.05) is 18.5 Å². The van der Waals surface area contributed by atoms with Gasteiger partial charge in [-0.1, -0.05) is 20.8 Å². The van der Waals surface area contributed by atoms with E-state index in [4.69, 9.17) is 0 Å². The number of nitrogens with one attached hydrogen (secondary N) is 2. The van der Waals surface area contributed by atoms with Gasteiger partial charge in [-0.25, -0.2) is 9.97 Å². The zero-order valence-electron chi connectivity index (χ0n) is 14.1. The predicted molar refractivity (Wildman–Crippen MR) is 88.9 cm³/mol. The highest BCUT2D eigenvalue weighted by Gasteiger charge is 2.23. The largest absolute Gasteiger partial charge is 0.394 e. The van der Waals surface area contributed by atoms with Crippen molar-refractivity contribution < 1.29 is 5.11 Å². The van der Waals surface area contributed by atoms with E-state index in [0.29, 0.717) is 0 Å². The molecule has 0 saturated carbocycles. The van der Waals surface area contributed by atoms with E-state index in [1.54, 1.807) is 0 Å². The van der Waals surface area contributed by atoms with E-state index in [2.05, 4.69) is 41.4 Å². The van der Waals surface area contributed by atoms with Gasteiger partial charge in [0.05, 0.1) is 12.1 Å².